The van der Waals surface area contributed by atoms with E-state index in [1.54, 1.807) is 12.1 Å². The van der Waals surface area contributed by atoms with Crippen LogP contribution in [0.15, 0.2) is 24.3 Å². The van der Waals surface area contributed by atoms with Gasteiger partial charge in [-0.05, 0) is 30.7 Å². The first kappa shape index (κ1) is 12.1. The van der Waals surface area contributed by atoms with E-state index >= 15 is 0 Å². The van der Waals surface area contributed by atoms with Gasteiger partial charge in [-0.2, -0.15) is 0 Å². The van der Waals surface area contributed by atoms with Crippen molar-refractivity contribution in [2.24, 2.45) is 0 Å². The molecule has 0 aromatic heterocycles. The Kier molecular flexibility index (Phi) is 5.97. The largest absolute Gasteiger partial charge is 0.315 e. The van der Waals surface area contributed by atoms with E-state index in [4.69, 9.17) is 0 Å². The van der Waals surface area contributed by atoms with Gasteiger partial charge >= 0.3 is 0 Å². The minimum atomic E-state index is -0.168. The molecule has 84 valence electrons. The van der Waals surface area contributed by atoms with Crippen molar-refractivity contribution in [1.82, 2.24) is 10.6 Å². The van der Waals surface area contributed by atoms with Gasteiger partial charge in [0.05, 0.1) is 0 Å². The normalized spacial score (nSPS) is 10.5. The van der Waals surface area contributed by atoms with Gasteiger partial charge in [0.15, 0.2) is 0 Å². The van der Waals surface area contributed by atoms with Gasteiger partial charge in [-0.25, -0.2) is 4.39 Å². The van der Waals surface area contributed by atoms with Crippen molar-refractivity contribution >= 4 is 0 Å². The Morgan fingerprint density at radius 1 is 1.13 bits per heavy atom. The van der Waals surface area contributed by atoms with E-state index in [0.717, 1.165) is 38.2 Å². The lowest BCUT2D eigenvalue weighted by molar-refractivity contribution is 0.599. The predicted molar refractivity (Wildman–Crippen MR) is 61.3 cm³/mol. The van der Waals surface area contributed by atoms with Crippen molar-refractivity contribution in [2.75, 3.05) is 19.6 Å². The molecule has 0 spiro atoms. The maximum atomic E-state index is 12.8. The number of hydrogen-bond acceptors (Lipinski definition) is 2. The zero-order valence-corrected chi connectivity index (χ0v) is 9.22. The number of hydrogen-bond donors (Lipinski definition) is 2. The number of nitrogens with one attached hydrogen (secondary N) is 2. The highest BCUT2D eigenvalue weighted by Gasteiger charge is 1.94. The summed E-state index contributed by atoms with van der Waals surface area (Å²) in [6.45, 7) is 5.81. The van der Waals surface area contributed by atoms with Crippen LogP contribution in [0.4, 0.5) is 4.39 Å². The maximum absolute atomic E-state index is 12.8. The van der Waals surface area contributed by atoms with Crippen LogP contribution in [0.3, 0.4) is 0 Å². The molecule has 1 aromatic rings. The van der Waals surface area contributed by atoms with Crippen LogP contribution in [-0.4, -0.2) is 19.6 Å². The molecule has 2 N–H and O–H groups in total. The van der Waals surface area contributed by atoms with Crippen molar-refractivity contribution in [3.8, 4) is 0 Å². The van der Waals surface area contributed by atoms with Gasteiger partial charge in [-0.3, -0.25) is 0 Å². The molecule has 0 saturated carbocycles. The molecule has 0 aliphatic heterocycles. The number of rotatable bonds is 7. The van der Waals surface area contributed by atoms with Crippen molar-refractivity contribution in [3.63, 3.8) is 0 Å². The lowest BCUT2D eigenvalue weighted by Crippen LogP contribution is -2.27. The lowest BCUT2D eigenvalue weighted by Gasteiger charge is -2.05. The molecule has 0 fully saturated rings. The standard InChI is InChI=1S/C12H19FN2/c1-2-6-14-7-8-15-10-11-4-3-5-12(13)9-11/h3-5,9,14-15H,2,6-8,10H2,1H3. The molecular formula is C12H19FN2. The van der Waals surface area contributed by atoms with Crippen LogP contribution in [0, 0.1) is 5.82 Å². The van der Waals surface area contributed by atoms with E-state index < -0.39 is 0 Å². The van der Waals surface area contributed by atoms with E-state index in [-0.39, 0.29) is 5.82 Å². The molecule has 0 aliphatic rings. The average molecular weight is 210 g/mol. The molecule has 0 radical (unpaired) electrons. The highest BCUT2D eigenvalue weighted by atomic mass is 19.1. The summed E-state index contributed by atoms with van der Waals surface area (Å²) in [7, 11) is 0. The molecule has 0 bridgehead atoms. The molecule has 1 aromatic carbocycles. The highest BCUT2D eigenvalue weighted by molar-refractivity contribution is 5.15. The Bertz CT molecular complexity index is 276. The Labute approximate surface area is 90.9 Å². The topological polar surface area (TPSA) is 24.1 Å². The first-order valence-electron chi connectivity index (χ1n) is 5.49. The first-order valence-corrected chi connectivity index (χ1v) is 5.49. The van der Waals surface area contributed by atoms with Crippen LogP contribution >= 0.6 is 0 Å². The smallest absolute Gasteiger partial charge is 0.123 e. The molecule has 0 heterocycles. The summed E-state index contributed by atoms with van der Waals surface area (Å²) in [5, 5.41) is 6.55. The van der Waals surface area contributed by atoms with Gasteiger partial charge in [0.25, 0.3) is 0 Å². The number of halogens is 1. The summed E-state index contributed by atoms with van der Waals surface area (Å²) in [6, 6.07) is 6.69. The molecule has 0 aliphatic carbocycles. The zero-order valence-electron chi connectivity index (χ0n) is 9.22. The molecule has 0 unspecified atom stereocenters. The fourth-order valence-corrected chi connectivity index (χ4v) is 1.36. The van der Waals surface area contributed by atoms with Gasteiger partial charge in [0.1, 0.15) is 5.82 Å². The van der Waals surface area contributed by atoms with Crippen molar-refractivity contribution in [2.45, 2.75) is 19.9 Å². The molecular weight excluding hydrogens is 191 g/mol. The summed E-state index contributed by atoms with van der Waals surface area (Å²) >= 11 is 0. The summed E-state index contributed by atoms with van der Waals surface area (Å²) in [4.78, 5) is 0. The summed E-state index contributed by atoms with van der Waals surface area (Å²) in [6.07, 6.45) is 1.16. The predicted octanol–water partition coefficient (Wildman–Crippen LogP) is 1.91. The van der Waals surface area contributed by atoms with Crippen LogP contribution in [-0.2, 0) is 6.54 Å². The fourth-order valence-electron chi connectivity index (χ4n) is 1.36. The van der Waals surface area contributed by atoms with Crippen LogP contribution in [0.25, 0.3) is 0 Å². The molecule has 15 heavy (non-hydrogen) atoms. The minimum absolute atomic E-state index is 0.168. The Balaban J connectivity index is 2.10. The number of benzene rings is 1. The van der Waals surface area contributed by atoms with E-state index in [2.05, 4.69) is 17.6 Å². The van der Waals surface area contributed by atoms with Crippen LogP contribution in [0.5, 0.6) is 0 Å². The highest BCUT2D eigenvalue weighted by Crippen LogP contribution is 2.02. The third-order valence-electron chi connectivity index (χ3n) is 2.12. The molecule has 1 rings (SSSR count). The molecule has 0 amide bonds. The minimum Gasteiger partial charge on any atom is -0.315 e. The van der Waals surface area contributed by atoms with Gasteiger partial charge < -0.3 is 10.6 Å². The van der Waals surface area contributed by atoms with Crippen molar-refractivity contribution in [3.05, 3.63) is 35.6 Å². The van der Waals surface area contributed by atoms with Crippen LogP contribution < -0.4 is 10.6 Å². The second-order valence-corrected chi connectivity index (χ2v) is 3.56. The first-order chi connectivity index (χ1) is 7.33. The summed E-state index contributed by atoms with van der Waals surface area (Å²) in [5.74, 6) is -0.168. The third kappa shape index (κ3) is 5.50. The molecule has 3 heteroatoms. The average Bonchev–Trinajstić information content (AvgIpc) is 2.23. The monoisotopic (exact) mass is 210 g/mol. The fraction of sp³-hybridized carbons (Fsp3) is 0.500. The van der Waals surface area contributed by atoms with Crippen molar-refractivity contribution < 1.29 is 4.39 Å². The lowest BCUT2D eigenvalue weighted by atomic mass is 10.2. The van der Waals surface area contributed by atoms with Gasteiger partial charge in [-0.15, -0.1) is 0 Å². The second-order valence-electron chi connectivity index (χ2n) is 3.56. The van der Waals surface area contributed by atoms with Crippen LogP contribution in [0.2, 0.25) is 0 Å². The van der Waals surface area contributed by atoms with Gasteiger partial charge in [0, 0.05) is 19.6 Å². The van der Waals surface area contributed by atoms with Gasteiger partial charge in [-0.1, -0.05) is 19.1 Å². The van der Waals surface area contributed by atoms with Gasteiger partial charge in [0.2, 0.25) is 0 Å². The van der Waals surface area contributed by atoms with Crippen molar-refractivity contribution in [1.29, 1.82) is 0 Å². The summed E-state index contributed by atoms with van der Waals surface area (Å²) < 4.78 is 12.8. The van der Waals surface area contributed by atoms with Crippen LogP contribution in [0.1, 0.15) is 18.9 Å². The Hall–Kier alpha value is -0.930. The quantitative estimate of drug-likeness (QED) is 0.672. The second kappa shape index (κ2) is 7.37. The molecule has 2 nitrogen and oxygen atoms in total. The molecule has 0 saturated heterocycles. The SMILES string of the molecule is CCCNCCNCc1cccc(F)c1. The van der Waals surface area contributed by atoms with E-state index in [0.29, 0.717) is 0 Å². The Morgan fingerprint density at radius 3 is 2.67 bits per heavy atom. The van der Waals surface area contributed by atoms with E-state index in [1.165, 1.54) is 6.07 Å². The zero-order chi connectivity index (χ0) is 10.9. The Morgan fingerprint density at radius 2 is 1.93 bits per heavy atom. The third-order valence-corrected chi connectivity index (χ3v) is 2.12. The van der Waals surface area contributed by atoms with E-state index in [1.807, 2.05) is 6.07 Å². The maximum Gasteiger partial charge on any atom is 0.123 e. The summed E-state index contributed by atoms with van der Waals surface area (Å²) in [5.41, 5.74) is 0.991. The molecule has 0 atom stereocenters. The van der Waals surface area contributed by atoms with E-state index in [9.17, 15) is 4.39 Å².